The number of nitrogens with zero attached hydrogens (tertiary/aromatic N) is 2. The van der Waals surface area contributed by atoms with Crippen LogP contribution in [-0.4, -0.2) is 62.7 Å². The van der Waals surface area contributed by atoms with Crippen LogP contribution in [-0.2, 0) is 14.3 Å². The minimum atomic E-state index is -0.781. The molecule has 0 aromatic carbocycles. The van der Waals surface area contributed by atoms with E-state index in [4.69, 9.17) is 14.2 Å². The third kappa shape index (κ3) is 7.32. The molecule has 0 radical (unpaired) electrons. The zero-order valence-corrected chi connectivity index (χ0v) is 19.0. The first kappa shape index (κ1) is 24.2. The molecule has 1 saturated heterocycles. The van der Waals surface area contributed by atoms with E-state index >= 15 is 0 Å². The van der Waals surface area contributed by atoms with Crippen molar-refractivity contribution in [3.8, 4) is 5.88 Å². The molecule has 178 valence electrons. The zero-order chi connectivity index (χ0) is 22.9. The van der Waals surface area contributed by atoms with Crippen molar-refractivity contribution >= 4 is 17.6 Å². The van der Waals surface area contributed by atoms with Crippen molar-refractivity contribution in [3.63, 3.8) is 0 Å². The molecule has 0 bridgehead atoms. The van der Waals surface area contributed by atoms with Gasteiger partial charge in [0.1, 0.15) is 11.4 Å². The van der Waals surface area contributed by atoms with Gasteiger partial charge in [-0.05, 0) is 50.7 Å². The number of esters is 1. The second-order valence-corrected chi connectivity index (χ2v) is 8.50. The molecular weight excluding hydrogens is 417 g/mol. The monoisotopic (exact) mass is 451 g/mol. The number of hydrogen-bond donors (Lipinski definition) is 1. The molecule has 1 atom stereocenters. The van der Waals surface area contributed by atoms with Crippen molar-refractivity contribution in [2.75, 3.05) is 38.4 Å². The Bertz CT molecular complexity index is 768. The molecule has 8 nitrogen and oxygen atoms in total. The first-order valence-electron chi connectivity index (χ1n) is 11.5. The Morgan fingerprint density at radius 1 is 1.22 bits per heavy atom. The van der Waals surface area contributed by atoms with Crippen LogP contribution < -0.4 is 15.0 Å². The maximum atomic E-state index is 12.6. The molecule has 1 aromatic rings. The summed E-state index contributed by atoms with van der Waals surface area (Å²) in [6, 6.07) is 3.48. The van der Waals surface area contributed by atoms with Crippen LogP contribution in [0.25, 0.3) is 0 Å². The molecule has 2 fully saturated rings. The predicted octanol–water partition coefficient (Wildman–Crippen LogP) is 3.24. The van der Waals surface area contributed by atoms with Gasteiger partial charge in [-0.2, -0.15) is 0 Å². The van der Waals surface area contributed by atoms with Crippen LogP contribution >= 0.6 is 0 Å². The Hall–Kier alpha value is -2.42. The van der Waals surface area contributed by atoms with Gasteiger partial charge in [0.05, 0.1) is 19.4 Å². The van der Waals surface area contributed by atoms with Crippen LogP contribution in [0, 0.1) is 5.92 Å². The summed E-state index contributed by atoms with van der Waals surface area (Å²) < 4.78 is 28.6. The molecule has 1 aromatic heterocycles. The van der Waals surface area contributed by atoms with Crippen molar-refractivity contribution in [2.24, 2.45) is 5.92 Å². The Morgan fingerprint density at radius 2 is 1.97 bits per heavy atom. The average Bonchev–Trinajstić information content (AvgIpc) is 3.56. The Labute approximate surface area is 188 Å². The normalized spacial score (nSPS) is 16.9. The number of rotatable bonds is 14. The number of amides is 1. The zero-order valence-electron chi connectivity index (χ0n) is 19.0. The SMILES string of the molecule is COC1CN(c2ccc(C(=O)NC(C)OC(=O)CCCCCCF)nc2OCC2CC2)C1. The predicted molar refractivity (Wildman–Crippen MR) is 118 cm³/mol. The summed E-state index contributed by atoms with van der Waals surface area (Å²) in [7, 11) is 1.69. The number of carbonyl (C=O) groups is 2. The minimum Gasteiger partial charge on any atom is -0.476 e. The maximum Gasteiger partial charge on any atom is 0.307 e. The van der Waals surface area contributed by atoms with Gasteiger partial charge in [0.15, 0.2) is 6.23 Å². The van der Waals surface area contributed by atoms with E-state index < -0.39 is 12.1 Å². The highest BCUT2D eigenvalue weighted by molar-refractivity contribution is 5.93. The van der Waals surface area contributed by atoms with Crippen LogP contribution in [0.3, 0.4) is 0 Å². The van der Waals surface area contributed by atoms with E-state index in [0.29, 0.717) is 31.2 Å². The van der Waals surface area contributed by atoms with E-state index in [-0.39, 0.29) is 30.9 Å². The number of nitrogens with one attached hydrogen (secondary N) is 1. The first-order chi connectivity index (χ1) is 15.5. The molecule has 0 spiro atoms. The second kappa shape index (κ2) is 12.0. The Kier molecular flexibility index (Phi) is 9.08. The molecule has 2 heterocycles. The number of carbonyl (C=O) groups excluding carboxylic acids is 2. The number of anilines is 1. The van der Waals surface area contributed by atoms with Gasteiger partial charge in [-0.15, -0.1) is 0 Å². The summed E-state index contributed by atoms with van der Waals surface area (Å²) >= 11 is 0. The van der Waals surface area contributed by atoms with Gasteiger partial charge in [-0.3, -0.25) is 14.0 Å². The highest BCUT2D eigenvalue weighted by atomic mass is 19.1. The Balaban J connectivity index is 1.52. The van der Waals surface area contributed by atoms with Gasteiger partial charge in [-0.25, -0.2) is 4.98 Å². The number of alkyl halides is 1. The van der Waals surface area contributed by atoms with E-state index in [9.17, 15) is 14.0 Å². The standard InChI is InChI=1S/C23H34FN3O5/c1-16(32-21(28)7-5-3-4-6-12-24)25-22(29)19-10-11-20(27-13-18(14-27)30-2)23(26-19)31-15-17-8-9-17/h10-11,16-18H,3-9,12-15H2,1-2H3,(H,25,29). The number of methoxy groups -OCH3 is 1. The van der Waals surface area contributed by atoms with Crippen molar-refractivity contribution in [3.05, 3.63) is 17.8 Å². The second-order valence-electron chi connectivity index (χ2n) is 8.50. The molecule has 32 heavy (non-hydrogen) atoms. The summed E-state index contributed by atoms with van der Waals surface area (Å²) in [6.07, 6.45) is 4.66. The maximum absolute atomic E-state index is 12.6. The van der Waals surface area contributed by atoms with Gasteiger partial charge in [0, 0.05) is 26.6 Å². The third-order valence-electron chi connectivity index (χ3n) is 5.65. The van der Waals surface area contributed by atoms with Crippen LogP contribution in [0.2, 0.25) is 0 Å². The highest BCUT2D eigenvalue weighted by Gasteiger charge is 2.31. The number of hydrogen-bond acceptors (Lipinski definition) is 7. The lowest BCUT2D eigenvalue weighted by Crippen LogP contribution is -2.52. The smallest absolute Gasteiger partial charge is 0.307 e. The van der Waals surface area contributed by atoms with Gasteiger partial charge in [0.25, 0.3) is 5.91 Å². The van der Waals surface area contributed by atoms with Crippen molar-refractivity contribution in [2.45, 2.75) is 64.2 Å². The fraction of sp³-hybridized carbons (Fsp3) is 0.696. The summed E-state index contributed by atoms with van der Waals surface area (Å²) in [4.78, 5) is 31.1. The number of pyridine rings is 1. The van der Waals surface area contributed by atoms with Crippen LogP contribution in [0.5, 0.6) is 5.88 Å². The third-order valence-corrected chi connectivity index (χ3v) is 5.65. The molecule has 3 rings (SSSR count). The number of halogens is 1. The molecular formula is C23H34FN3O5. The van der Waals surface area contributed by atoms with Crippen molar-refractivity contribution in [1.82, 2.24) is 10.3 Å². The van der Waals surface area contributed by atoms with Crippen LogP contribution in [0.15, 0.2) is 12.1 Å². The number of aromatic nitrogens is 1. The quantitative estimate of drug-likeness (QED) is 0.264. The molecule has 1 aliphatic heterocycles. The van der Waals surface area contributed by atoms with Gasteiger partial charge in [0.2, 0.25) is 5.88 Å². The number of ether oxygens (including phenoxy) is 3. The summed E-state index contributed by atoms with van der Waals surface area (Å²) in [5.41, 5.74) is 1.06. The van der Waals surface area contributed by atoms with E-state index in [1.165, 1.54) is 0 Å². The van der Waals surface area contributed by atoms with Crippen LogP contribution in [0.4, 0.5) is 10.1 Å². The van der Waals surface area contributed by atoms with E-state index in [1.54, 1.807) is 20.1 Å². The molecule has 1 unspecified atom stereocenters. The lowest BCUT2D eigenvalue weighted by atomic mass is 10.1. The average molecular weight is 452 g/mol. The molecule has 2 aliphatic rings. The van der Waals surface area contributed by atoms with E-state index in [0.717, 1.165) is 44.5 Å². The topological polar surface area (TPSA) is 90.0 Å². The Morgan fingerprint density at radius 3 is 2.66 bits per heavy atom. The summed E-state index contributed by atoms with van der Waals surface area (Å²) in [5, 5.41) is 2.65. The molecule has 1 amide bonds. The van der Waals surface area contributed by atoms with Gasteiger partial charge < -0.3 is 24.4 Å². The lowest BCUT2D eigenvalue weighted by molar-refractivity contribution is -0.149. The summed E-state index contributed by atoms with van der Waals surface area (Å²) in [5.74, 6) is 0.174. The first-order valence-corrected chi connectivity index (χ1v) is 11.5. The van der Waals surface area contributed by atoms with Gasteiger partial charge in [-0.1, -0.05) is 12.8 Å². The van der Waals surface area contributed by atoms with E-state index in [2.05, 4.69) is 15.2 Å². The number of unbranched alkanes of at least 4 members (excludes halogenated alkanes) is 3. The van der Waals surface area contributed by atoms with Gasteiger partial charge >= 0.3 is 5.97 Å². The van der Waals surface area contributed by atoms with E-state index in [1.807, 2.05) is 6.07 Å². The highest BCUT2D eigenvalue weighted by Crippen LogP contribution is 2.34. The summed E-state index contributed by atoms with van der Waals surface area (Å²) in [6.45, 7) is 3.37. The van der Waals surface area contributed by atoms with Crippen molar-refractivity contribution in [1.29, 1.82) is 0 Å². The largest absolute Gasteiger partial charge is 0.476 e. The molecule has 1 aliphatic carbocycles. The molecule has 1 saturated carbocycles. The van der Waals surface area contributed by atoms with Crippen molar-refractivity contribution < 1.29 is 28.2 Å². The molecule has 1 N–H and O–H groups in total. The minimum absolute atomic E-state index is 0.188. The fourth-order valence-corrected chi connectivity index (χ4v) is 3.43. The fourth-order valence-electron chi connectivity index (χ4n) is 3.43. The lowest BCUT2D eigenvalue weighted by Gasteiger charge is -2.40. The molecule has 9 heteroatoms. The van der Waals surface area contributed by atoms with Crippen LogP contribution in [0.1, 0.15) is 62.4 Å².